The van der Waals surface area contributed by atoms with Gasteiger partial charge in [0.25, 0.3) is 5.91 Å². The number of sulfone groups is 1. The van der Waals surface area contributed by atoms with E-state index in [0.717, 1.165) is 18.2 Å². The number of anilines is 2. The molecule has 1 aromatic carbocycles. The van der Waals surface area contributed by atoms with Gasteiger partial charge in [-0.3, -0.25) is 4.79 Å². The molecule has 1 atom stereocenters. The third-order valence-electron chi connectivity index (χ3n) is 3.60. The van der Waals surface area contributed by atoms with Gasteiger partial charge in [0.2, 0.25) is 15.4 Å². The average molecular weight is 458 g/mol. The highest BCUT2D eigenvalue weighted by Gasteiger charge is 2.55. The van der Waals surface area contributed by atoms with E-state index < -0.39 is 53.2 Å². The fraction of sp³-hybridized carbons (Fsp3) is 0.200. The van der Waals surface area contributed by atoms with Crippen molar-refractivity contribution in [1.82, 2.24) is 4.98 Å². The number of carbonyl (C=O) groups is 1. The van der Waals surface area contributed by atoms with Gasteiger partial charge in [-0.15, -0.1) is 0 Å². The Morgan fingerprint density at radius 2 is 1.79 bits per heavy atom. The smallest absolute Gasteiger partial charge is 0.384 e. The van der Waals surface area contributed by atoms with Gasteiger partial charge in [-0.25, -0.2) is 13.4 Å². The molecule has 0 spiro atoms. The number of hydrogen-bond acceptors (Lipinski definition) is 6. The van der Waals surface area contributed by atoms with E-state index in [9.17, 15) is 31.5 Å². The summed E-state index contributed by atoms with van der Waals surface area (Å²) in [5.74, 6) is -1.90. The largest absolute Gasteiger partial charge is 0.426 e. The van der Waals surface area contributed by atoms with E-state index in [1.165, 1.54) is 12.1 Å². The predicted octanol–water partition coefficient (Wildman–Crippen LogP) is 3.06. The van der Waals surface area contributed by atoms with Crippen molar-refractivity contribution >= 4 is 50.5 Å². The molecule has 2 rings (SSSR count). The number of nitrogens with two attached hydrogens (primary N) is 1. The van der Waals surface area contributed by atoms with Crippen LogP contribution in [-0.4, -0.2) is 36.2 Å². The molecule has 0 aliphatic rings. The maximum Gasteiger partial charge on any atom is 0.426 e. The van der Waals surface area contributed by atoms with Gasteiger partial charge in [0.05, 0.1) is 20.6 Å². The molecule has 13 heteroatoms. The molecule has 0 radical (unpaired) electrons. The molecule has 1 heterocycles. The van der Waals surface area contributed by atoms with Gasteiger partial charge in [0.15, 0.2) is 5.03 Å². The summed E-state index contributed by atoms with van der Waals surface area (Å²) in [4.78, 5) is 14.9. The van der Waals surface area contributed by atoms with Crippen LogP contribution in [0.4, 0.5) is 24.7 Å². The van der Waals surface area contributed by atoms with Crippen molar-refractivity contribution in [3.05, 3.63) is 40.4 Å². The number of nitrogens with zero attached hydrogens (tertiary/aromatic N) is 1. The first-order valence-corrected chi connectivity index (χ1v) is 9.49. The molecule has 152 valence electrons. The Labute approximate surface area is 167 Å². The normalized spacial score (nSPS) is 14.4. The number of amides is 1. The zero-order valence-corrected chi connectivity index (χ0v) is 16.2. The van der Waals surface area contributed by atoms with Gasteiger partial charge in [0.1, 0.15) is 5.82 Å². The summed E-state index contributed by atoms with van der Waals surface area (Å²) in [6, 6.07) is 5.72. The van der Waals surface area contributed by atoms with E-state index in [0.29, 0.717) is 0 Å². The molecule has 2 aromatic rings. The lowest BCUT2D eigenvalue weighted by Gasteiger charge is -2.25. The fourth-order valence-electron chi connectivity index (χ4n) is 1.90. The van der Waals surface area contributed by atoms with Gasteiger partial charge in [-0.05, 0) is 31.2 Å². The van der Waals surface area contributed by atoms with Crippen molar-refractivity contribution in [2.45, 2.75) is 28.6 Å². The van der Waals surface area contributed by atoms with Crippen LogP contribution in [0, 0.1) is 0 Å². The monoisotopic (exact) mass is 457 g/mol. The molecule has 1 aromatic heterocycles. The average Bonchev–Trinajstić information content (AvgIpc) is 2.57. The van der Waals surface area contributed by atoms with Gasteiger partial charge in [-0.1, -0.05) is 29.3 Å². The van der Waals surface area contributed by atoms with Crippen molar-refractivity contribution in [3.8, 4) is 0 Å². The van der Waals surface area contributed by atoms with Crippen molar-refractivity contribution in [2.75, 3.05) is 11.1 Å². The fourth-order valence-corrected chi connectivity index (χ4v) is 3.93. The summed E-state index contributed by atoms with van der Waals surface area (Å²) in [7, 11) is -4.26. The number of nitrogen functional groups attached to an aromatic ring is 1. The molecule has 0 saturated carbocycles. The molecule has 0 fully saturated rings. The minimum Gasteiger partial charge on any atom is -0.384 e. The van der Waals surface area contributed by atoms with Crippen molar-refractivity contribution in [2.24, 2.45) is 0 Å². The van der Waals surface area contributed by atoms with Crippen LogP contribution >= 0.6 is 23.2 Å². The summed E-state index contributed by atoms with van der Waals surface area (Å²) in [5.41, 5.74) is 1.32. The number of carbonyl (C=O) groups excluding carboxylic acids is 1. The molecule has 7 nitrogen and oxygen atoms in total. The second-order valence-electron chi connectivity index (χ2n) is 5.67. The Kier molecular flexibility index (Phi) is 5.86. The van der Waals surface area contributed by atoms with Gasteiger partial charge in [-0.2, -0.15) is 13.2 Å². The lowest BCUT2D eigenvalue weighted by atomic mass is 10.1. The highest BCUT2D eigenvalue weighted by molar-refractivity contribution is 7.91. The number of aliphatic hydroxyl groups is 1. The summed E-state index contributed by atoms with van der Waals surface area (Å²) in [6.45, 7) is 0.252. The van der Waals surface area contributed by atoms with E-state index in [-0.39, 0.29) is 12.7 Å². The Morgan fingerprint density at radius 3 is 2.32 bits per heavy atom. The second-order valence-corrected chi connectivity index (χ2v) is 8.29. The standard InChI is InChI=1S/C15H12Cl2F3N3O4S/c1-14(25,15(18,19)20)13(24)22-7-5-6-8(12(17)11(7)16)28(26,27)10-4-2-3-9(21)23-10/h2-6,25H,1H3,(H2,21,23)(H,22,24). The zero-order chi connectivity index (χ0) is 21.5. The van der Waals surface area contributed by atoms with Crippen LogP contribution in [0.5, 0.6) is 0 Å². The number of rotatable bonds is 4. The Bertz CT molecular complexity index is 1040. The molecule has 0 aliphatic carbocycles. The number of pyridine rings is 1. The van der Waals surface area contributed by atoms with Crippen LogP contribution in [0.3, 0.4) is 0 Å². The van der Waals surface area contributed by atoms with E-state index in [1.807, 2.05) is 0 Å². The minimum atomic E-state index is -5.25. The van der Waals surface area contributed by atoms with Crippen molar-refractivity contribution in [3.63, 3.8) is 0 Å². The van der Waals surface area contributed by atoms with E-state index in [4.69, 9.17) is 28.9 Å². The summed E-state index contributed by atoms with van der Waals surface area (Å²) in [5, 5.41) is 9.61. The summed E-state index contributed by atoms with van der Waals surface area (Å²) >= 11 is 11.9. The highest BCUT2D eigenvalue weighted by atomic mass is 35.5. The van der Waals surface area contributed by atoms with Gasteiger partial charge >= 0.3 is 6.18 Å². The molecule has 0 aliphatic heterocycles. The van der Waals surface area contributed by atoms with Crippen LogP contribution in [0.15, 0.2) is 40.3 Å². The van der Waals surface area contributed by atoms with Crippen LogP contribution < -0.4 is 11.1 Å². The van der Waals surface area contributed by atoms with Gasteiger partial charge < -0.3 is 16.2 Å². The molecular weight excluding hydrogens is 446 g/mol. The molecule has 28 heavy (non-hydrogen) atoms. The summed E-state index contributed by atoms with van der Waals surface area (Å²) in [6.07, 6.45) is -5.25. The Hall–Kier alpha value is -2.08. The van der Waals surface area contributed by atoms with E-state index in [2.05, 4.69) is 4.98 Å². The van der Waals surface area contributed by atoms with E-state index >= 15 is 0 Å². The third kappa shape index (κ3) is 4.02. The number of halogens is 5. The minimum absolute atomic E-state index is 0.0680. The number of aromatic nitrogens is 1. The van der Waals surface area contributed by atoms with Gasteiger partial charge in [0, 0.05) is 0 Å². The molecule has 4 N–H and O–H groups in total. The molecule has 0 saturated heterocycles. The zero-order valence-electron chi connectivity index (χ0n) is 13.9. The number of alkyl halides is 3. The highest BCUT2D eigenvalue weighted by Crippen LogP contribution is 2.38. The van der Waals surface area contributed by atoms with E-state index in [1.54, 1.807) is 5.32 Å². The lowest BCUT2D eigenvalue weighted by Crippen LogP contribution is -2.52. The first kappa shape index (κ1) is 22.2. The van der Waals surface area contributed by atoms with Crippen LogP contribution in [-0.2, 0) is 14.6 Å². The first-order valence-electron chi connectivity index (χ1n) is 7.25. The number of nitrogens with one attached hydrogen (secondary N) is 1. The van der Waals surface area contributed by atoms with Crippen LogP contribution in [0.2, 0.25) is 10.0 Å². The van der Waals surface area contributed by atoms with Crippen LogP contribution in [0.1, 0.15) is 6.92 Å². The topological polar surface area (TPSA) is 122 Å². The predicted molar refractivity (Wildman–Crippen MR) is 95.9 cm³/mol. The quantitative estimate of drug-likeness (QED) is 0.648. The second kappa shape index (κ2) is 7.39. The molecule has 1 amide bonds. The maximum absolute atomic E-state index is 12.7. The first-order chi connectivity index (χ1) is 12.7. The van der Waals surface area contributed by atoms with Crippen LogP contribution in [0.25, 0.3) is 0 Å². The SMILES string of the molecule is CC(O)(C(=O)Nc1ccc(S(=O)(=O)c2cccc(N)n2)c(Cl)c1Cl)C(F)(F)F. The molecular formula is C15H12Cl2F3N3O4S. The number of hydrogen-bond donors (Lipinski definition) is 3. The maximum atomic E-state index is 12.7. The lowest BCUT2D eigenvalue weighted by molar-refractivity contribution is -0.242. The Balaban J connectivity index is 2.45. The molecule has 0 bridgehead atoms. The van der Waals surface area contributed by atoms with Crippen molar-refractivity contribution in [1.29, 1.82) is 0 Å². The number of benzene rings is 1. The molecule has 1 unspecified atom stereocenters. The summed E-state index contributed by atoms with van der Waals surface area (Å²) < 4.78 is 63.5. The Morgan fingerprint density at radius 1 is 1.18 bits per heavy atom. The third-order valence-corrected chi connectivity index (χ3v) is 6.29. The van der Waals surface area contributed by atoms with Crippen molar-refractivity contribution < 1.29 is 31.5 Å².